The van der Waals surface area contributed by atoms with Gasteiger partial charge in [-0.05, 0) is 36.5 Å². The van der Waals surface area contributed by atoms with Crippen LogP contribution in [0.1, 0.15) is 32.6 Å². The van der Waals surface area contributed by atoms with E-state index in [1.807, 2.05) is 0 Å². The molecular weight excluding hydrogens is 259 g/mol. The van der Waals surface area contributed by atoms with Gasteiger partial charge < -0.3 is 0 Å². The molecular formula is C19H23P. The third-order valence-electron chi connectivity index (χ3n) is 4.47. The average molecular weight is 282 g/mol. The first kappa shape index (κ1) is 13.8. The van der Waals surface area contributed by atoms with Crippen LogP contribution >= 0.6 is 7.92 Å². The van der Waals surface area contributed by atoms with Gasteiger partial charge in [-0.2, -0.15) is 0 Å². The first-order valence-electron chi connectivity index (χ1n) is 7.75. The highest BCUT2D eigenvalue weighted by Gasteiger charge is 2.30. The molecule has 1 saturated carbocycles. The van der Waals surface area contributed by atoms with Gasteiger partial charge in [-0.1, -0.05) is 86.8 Å². The van der Waals surface area contributed by atoms with E-state index in [2.05, 4.69) is 67.6 Å². The Balaban J connectivity index is 1.99. The lowest BCUT2D eigenvalue weighted by atomic mass is 9.90. The molecule has 0 heterocycles. The van der Waals surface area contributed by atoms with E-state index in [0.29, 0.717) is 0 Å². The molecule has 0 nitrogen and oxygen atoms in total. The molecule has 20 heavy (non-hydrogen) atoms. The van der Waals surface area contributed by atoms with E-state index < -0.39 is 0 Å². The lowest BCUT2D eigenvalue weighted by molar-refractivity contribution is 0.395. The smallest absolute Gasteiger partial charge is 0.0103 e. The minimum atomic E-state index is -0.208. The molecule has 2 unspecified atom stereocenters. The Kier molecular flexibility index (Phi) is 4.53. The van der Waals surface area contributed by atoms with Gasteiger partial charge in [0, 0.05) is 0 Å². The first-order valence-corrected chi connectivity index (χ1v) is 9.16. The van der Waals surface area contributed by atoms with Crippen LogP contribution in [0.5, 0.6) is 0 Å². The van der Waals surface area contributed by atoms with E-state index in [4.69, 9.17) is 0 Å². The minimum absolute atomic E-state index is 0.208. The molecule has 2 aromatic carbocycles. The van der Waals surface area contributed by atoms with Crippen molar-refractivity contribution in [3.63, 3.8) is 0 Å². The van der Waals surface area contributed by atoms with Crippen LogP contribution < -0.4 is 10.6 Å². The van der Waals surface area contributed by atoms with Crippen LogP contribution in [0.15, 0.2) is 60.7 Å². The maximum absolute atomic E-state index is 2.46. The third-order valence-corrected chi connectivity index (χ3v) is 7.61. The fourth-order valence-electron chi connectivity index (χ4n) is 3.39. The lowest BCUT2D eigenvalue weighted by Crippen LogP contribution is -2.29. The second-order valence-corrected chi connectivity index (χ2v) is 8.31. The van der Waals surface area contributed by atoms with Crippen molar-refractivity contribution >= 4 is 18.5 Å². The highest BCUT2D eigenvalue weighted by atomic mass is 31.1. The standard InChI is InChI=1S/C19H23P/c1-16-10-8-9-15-19(16)20(17-11-4-2-5-12-17)18-13-6-3-7-14-18/h2-7,11-14,16,19H,8-10,15H2,1H3. The summed E-state index contributed by atoms with van der Waals surface area (Å²) in [6.07, 6.45) is 5.64. The van der Waals surface area contributed by atoms with Gasteiger partial charge in [-0.3, -0.25) is 0 Å². The van der Waals surface area contributed by atoms with E-state index in [-0.39, 0.29) is 7.92 Å². The van der Waals surface area contributed by atoms with Gasteiger partial charge >= 0.3 is 0 Å². The third kappa shape index (κ3) is 2.96. The Hall–Kier alpha value is -1.13. The predicted molar refractivity (Wildman–Crippen MR) is 90.5 cm³/mol. The van der Waals surface area contributed by atoms with Gasteiger partial charge in [0.25, 0.3) is 0 Å². The zero-order valence-corrected chi connectivity index (χ0v) is 13.1. The van der Waals surface area contributed by atoms with Gasteiger partial charge in [0.15, 0.2) is 0 Å². The normalized spacial score (nSPS) is 22.9. The van der Waals surface area contributed by atoms with E-state index in [1.54, 1.807) is 10.6 Å². The summed E-state index contributed by atoms with van der Waals surface area (Å²) in [5.74, 6) is 0.857. The summed E-state index contributed by atoms with van der Waals surface area (Å²) in [6, 6.07) is 22.4. The van der Waals surface area contributed by atoms with Gasteiger partial charge in [0.2, 0.25) is 0 Å². The van der Waals surface area contributed by atoms with Crippen LogP contribution in [-0.2, 0) is 0 Å². The predicted octanol–water partition coefficient (Wildman–Crippen LogP) is 4.70. The van der Waals surface area contributed by atoms with Gasteiger partial charge in [0.1, 0.15) is 0 Å². The number of hydrogen-bond donors (Lipinski definition) is 0. The molecule has 0 radical (unpaired) electrons. The summed E-state index contributed by atoms with van der Waals surface area (Å²) in [4.78, 5) is 0. The summed E-state index contributed by atoms with van der Waals surface area (Å²) < 4.78 is 0. The second kappa shape index (κ2) is 6.55. The SMILES string of the molecule is CC1CCCCC1P(c1ccccc1)c1ccccc1. The molecule has 0 bridgehead atoms. The molecule has 0 saturated heterocycles. The van der Waals surface area contributed by atoms with Crippen molar-refractivity contribution in [2.45, 2.75) is 38.3 Å². The van der Waals surface area contributed by atoms with Crippen molar-refractivity contribution in [2.75, 3.05) is 0 Å². The highest BCUT2D eigenvalue weighted by molar-refractivity contribution is 7.73. The van der Waals surface area contributed by atoms with E-state index in [0.717, 1.165) is 11.6 Å². The molecule has 0 spiro atoms. The fourth-order valence-corrected chi connectivity index (χ4v) is 6.54. The molecule has 2 atom stereocenters. The Morgan fingerprint density at radius 1 is 0.750 bits per heavy atom. The topological polar surface area (TPSA) is 0 Å². The largest absolute Gasteiger partial charge is 0.0622 e. The van der Waals surface area contributed by atoms with E-state index in [1.165, 1.54) is 25.7 Å². The molecule has 104 valence electrons. The van der Waals surface area contributed by atoms with E-state index in [9.17, 15) is 0 Å². The molecule has 1 fully saturated rings. The molecule has 1 aliphatic rings. The summed E-state index contributed by atoms with van der Waals surface area (Å²) in [5, 5.41) is 3.10. The summed E-state index contributed by atoms with van der Waals surface area (Å²) in [7, 11) is -0.208. The zero-order valence-electron chi connectivity index (χ0n) is 12.2. The van der Waals surface area contributed by atoms with Crippen molar-refractivity contribution in [2.24, 2.45) is 5.92 Å². The molecule has 1 heteroatoms. The van der Waals surface area contributed by atoms with Crippen LogP contribution in [-0.4, -0.2) is 5.66 Å². The lowest BCUT2D eigenvalue weighted by Gasteiger charge is -2.36. The van der Waals surface area contributed by atoms with Crippen LogP contribution in [0.3, 0.4) is 0 Å². The van der Waals surface area contributed by atoms with Crippen molar-refractivity contribution < 1.29 is 0 Å². The second-order valence-electron chi connectivity index (χ2n) is 5.87. The highest BCUT2D eigenvalue weighted by Crippen LogP contribution is 2.48. The minimum Gasteiger partial charge on any atom is -0.0622 e. The van der Waals surface area contributed by atoms with Crippen molar-refractivity contribution in [3.8, 4) is 0 Å². The molecule has 0 aromatic heterocycles. The number of hydrogen-bond acceptors (Lipinski definition) is 0. The fraction of sp³-hybridized carbons (Fsp3) is 0.368. The summed E-state index contributed by atoms with van der Waals surface area (Å²) >= 11 is 0. The number of rotatable bonds is 3. The van der Waals surface area contributed by atoms with Gasteiger partial charge in [-0.15, -0.1) is 0 Å². The van der Waals surface area contributed by atoms with Gasteiger partial charge in [0.05, 0.1) is 0 Å². The van der Waals surface area contributed by atoms with Crippen molar-refractivity contribution in [3.05, 3.63) is 60.7 Å². The Labute approximate surface area is 124 Å². The summed E-state index contributed by atoms with van der Waals surface area (Å²) in [6.45, 7) is 2.46. The van der Waals surface area contributed by atoms with Crippen LogP contribution in [0, 0.1) is 5.92 Å². The molecule has 2 aromatic rings. The quantitative estimate of drug-likeness (QED) is 0.716. The molecule has 0 N–H and O–H groups in total. The first-order chi connectivity index (χ1) is 9.86. The van der Waals surface area contributed by atoms with E-state index >= 15 is 0 Å². The Morgan fingerprint density at radius 2 is 1.25 bits per heavy atom. The Morgan fingerprint density at radius 3 is 1.75 bits per heavy atom. The maximum atomic E-state index is 2.46. The van der Waals surface area contributed by atoms with Crippen LogP contribution in [0.2, 0.25) is 0 Å². The molecule has 0 amide bonds. The number of benzene rings is 2. The van der Waals surface area contributed by atoms with Crippen LogP contribution in [0.4, 0.5) is 0 Å². The van der Waals surface area contributed by atoms with Crippen molar-refractivity contribution in [1.82, 2.24) is 0 Å². The Bertz CT molecular complexity index is 480. The molecule has 3 rings (SSSR count). The molecule has 0 aliphatic heterocycles. The maximum Gasteiger partial charge on any atom is -0.0103 e. The monoisotopic (exact) mass is 282 g/mol. The summed E-state index contributed by atoms with van der Waals surface area (Å²) in [5.41, 5.74) is 0.851. The molecule has 1 aliphatic carbocycles. The zero-order chi connectivity index (χ0) is 13.8. The van der Waals surface area contributed by atoms with Crippen molar-refractivity contribution in [1.29, 1.82) is 0 Å². The van der Waals surface area contributed by atoms with Gasteiger partial charge in [-0.25, -0.2) is 0 Å². The average Bonchev–Trinajstić information content (AvgIpc) is 2.52. The van der Waals surface area contributed by atoms with Crippen LogP contribution in [0.25, 0.3) is 0 Å².